The first-order chi connectivity index (χ1) is 14.6. The third-order valence-electron chi connectivity index (χ3n) is 6.96. The molecule has 32 heavy (non-hydrogen) atoms. The van der Waals surface area contributed by atoms with Crippen molar-refractivity contribution < 1.29 is 49.5 Å². The second kappa shape index (κ2) is 6.17. The monoisotopic (exact) mass is 447 g/mol. The van der Waals surface area contributed by atoms with E-state index in [1.54, 1.807) is 0 Å². The van der Waals surface area contributed by atoms with Gasteiger partial charge in [-0.15, -0.1) is 0 Å². The fourth-order valence-corrected chi connectivity index (χ4v) is 5.49. The molecule has 0 radical (unpaired) electrons. The molecule has 1 fully saturated rings. The number of nitrogens with two attached hydrogens (primary N) is 1. The van der Waals surface area contributed by atoms with Crippen molar-refractivity contribution in [2.45, 2.75) is 30.3 Å². The molecule has 11 nitrogen and oxygen atoms in total. The van der Waals surface area contributed by atoms with Crippen molar-refractivity contribution in [3.63, 3.8) is 0 Å². The molecule has 0 spiro atoms. The number of aliphatic hydroxyl groups is 5. The first-order valence-corrected chi connectivity index (χ1v) is 9.68. The Bertz CT molecular complexity index is 1180. The number of hydrogen-bond donors (Lipinski definition) is 7. The van der Waals surface area contributed by atoms with Gasteiger partial charge in [0.2, 0.25) is 11.4 Å². The molecule has 1 aliphatic heterocycles. The molecule has 2 amide bonds. The highest BCUT2D eigenvalue weighted by atomic mass is 16.4. The molecule has 5 atom stereocenters. The van der Waals surface area contributed by atoms with Crippen molar-refractivity contribution in [3.05, 3.63) is 46.2 Å². The third-order valence-corrected chi connectivity index (χ3v) is 6.96. The number of carbonyl (C=O) groups excluding carboxylic acids is 3. The zero-order valence-corrected chi connectivity index (χ0v) is 17.4. The van der Waals surface area contributed by atoms with Gasteiger partial charge < -0.3 is 36.4 Å². The standard InChI is InChI=1S/C21H22N2O9/c1-20(31)7-5-4-6-8(24)9(7)13(25)10-12(20)14(26)15-21(32,16(10)27)17(28)11(18(22)29)19(30)23(15,2)3/h4-6,12,14-15,26,31-32H,1-3H3,(H4-,22,24,25,27,28,29,30)/p+1. The fraction of sp³-hybridized carbons (Fsp3) is 0.381. The molecular formula is C21H23N2O9+. The quantitative estimate of drug-likeness (QED) is 0.197. The zero-order chi connectivity index (χ0) is 24.1. The van der Waals surface area contributed by atoms with Crippen LogP contribution in [0.1, 0.15) is 18.1 Å². The Morgan fingerprint density at radius 1 is 1.12 bits per heavy atom. The molecule has 5 unspecified atom stereocenters. The summed E-state index contributed by atoms with van der Waals surface area (Å²) >= 11 is 0. The Morgan fingerprint density at radius 3 is 2.28 bits per heavy atom. The molecule has 3 aliphatic rings. The molecule has 11 heteroatoms. The summed E-state index contributed by atoms with van der Waals surface area (Å²) in [6, 6.07) is 2.22. The first kappa shape index (κ1) is 22.0. The van der Waals surface area contributed by atoms with Crippen LogP contribution in [0.2, 0.25) is 0 Å². The molecule has 1 aromatic rings. The average molecular weight is 447 g/mol. The molecule has 8 N–H and O–H groups in total. The third kappa shape index (κ3) is 2.25. The molecule has 2 aliphatic carbocycles. The smallest absolute Gasteiger partial charge is 0.355 e. The highest BCUT2D eigenvalue weighted by Gasteiger charge is 2.73. The predicted molar refractivity (Wildman–Crippen MR) is 106 cm³/mol. The van der Waals surface area contributed by atoms with E-state index in [9.17, 15) is 45.0 Å². The summed E-state index contributed by atoms with van der Waals surface area (Å²) in [6.45, 7) is 1.25. The van der Waals surface area contributed by atoms with Crippen molar-refractivity contribution in [1.29, 1.82) is 0 Å². The molecule has 170 valence electrons. The van der Waals surface area contributed by atoms with Gasteiger partial charge >= 0.3 is 5.91 Å². The number of aliphatic hydroxyl groups excluding tert-OH is 3. The van der Waals surface area contributed by atoms with E-state index in [1.807, 2.05) is 0 Å². The summed E-state index contributed by atoms with van der Waals surface area (Å²) in [6.07, 6.45) is -1.88. The molecule has 0 aromatic heterocycles. The lowest BCUT2D eigenvalue weighted by Crippen LogP contribution is -2.79. The van der Waals surface area contributed by atoms with E-state index >= 15 is 0 Å². The maximum absolute atomic E-state index is 13.6. The fourth-order valence-electron chi connectivity index (χ4n) is 5.49. The molecule has 4 rings (SSSR count). The minimum Gasteiger partial charge on any atom is -0.507 e. The number of nitrogens with zero attached hydrogens (tertiary/aromatic N) is 1. The summed E-state index contributed by atoms with van der Waals surface area (Å²) in [5.41, 5.74) is -1.83. The molecule has 1 heterocycles. The van der Waals surface area contributed by atoms with Gasteiger partial charge in [0.15, 0.2) is 17.4 Å². The van der Waals surface area contributed by atoms with Crippen LogP contribution in [0.4, 0.5) is 0 Å². The second-order valence-corrected chi connectivity index (χ2v) is 9.05. The van der Waals surface area contributed by atoms with Gasteiger partial charge in [-0.2, -0.15) is 0 Å². The van der Waals surface area contributed by atoms with Gasteiger partial charge in [0, 0.05) is 0 Å². The van der Waals surface area contributed by atoms with Crippen LogP contribution >= 0.6 is 0 Å². The largest absolute Gasteiger partial charge is 0.507 e. The number of hydrogen-bond acceptors (Lipinski definition) is 9. The van der Waals surface area contributed by atoms with Gasteiger partial charge in [0.1, 0.15) is 17.6 Å². The zero-order valence-electron chi connectivity index (χ0n) is 17.4. The van der Waals surface area contributed by atoms with E-state index < -0.39 is 79.8 Å². The molecule has 0 saturated heterocycles. The van der Waals surface area contributed by atoms with Crippen molar-refractivity contribution in [1.82, 2.24) is 0 Å². The van der Waals surface area contributed by atoms with Gasteiger partial charge in [-0.3, -0.25) is 14.1 Å². The number of benzene rings is 1. The van der Waals surface area contributed by atoms with E-state index in [0.717, 1.165) is 0 Å². The number of Topliss-reactive ketones (excluding diaryl/α,β-unsaturated/α-hetero) is 1. The lowest BCUT2D eigenvalue weighted by atomic mass is 9.57. The normalized spacial score (nSPS) is 35.9. The van der Waals surface area contributed by atoms with Crippen molar-refractivity contribution >= 4 is 23.4 Å². The summed E-state index contributed by atoms with van der Waals surface area (Å²) in [5, 5.41) is 66.0. The van der Waals surface area contributed by atoms with E-state index in [4.69, 9.17) is 5.73 Å². The van der Waals surface area contributed by atoms with E-state index in [2.05, 4.69) is 0 Å². The lowest BCUT2D eigenvalue weighted by molar-refractivity contribution is -0.852. The molecule has 1 aromatic carbocycles. The number of ketones is 1. The van der Waals surface area contributed by atoms with Gasteiger partial charge in [0.05, 0.1) is 36.8 Å². The van der Waals surface area contributed by atoms with Crippen LogP contribution in [0.5, 0.6) is 5.75 Å². The summed E-state index contributed by atoms with van der Waals surface area (Å²) in [4.78, 5) is 38.4. The number of fused-ring (bicyclic) bond motifs is 3. The molecular weight excluding hydrogens is 424 g/mol. The number of rotatable bonds is 1. The number of primary amides is 1. The van der Waals surface area contributed by atoms with Gasteiger partial charge in [-0.1, -0.05) is 12.1 Å². The van der Waals surface area contributed by atoms with Crippen molar-refractivity contribution in [2.24, 2.45) is 11.7 Å². The summed E-state index contributed by atoms with van der Waals surface area (Å²) < 4.78 is -0.959. The maximum Gasteiger partial charge on any atom is 0.355 e. The van der Waals surface area contributed by atoms with Crippen LogP contribution in [-0.4, -0.2) is 84.6 Å². The van der Waals surface area contributed by atoms with E-state index in [1.165, 1.54) is 39.2 Å². The SMILES string of the molecule is CC1(O)c2cccc(O)c2C(O)=C2C(=O)C3(O)C(O)=C(C(N)=O)C(=O)[N+](C)(C)C3C(O)C21. The first-order valence-electron chi connectivity index (χ1n) is 9.68. The Labute approximate surface area is 181 Å². The highest BCUT2D eigenvalue weighted by molar-refractivity contribution is 6.20. The highest BCUT2D eigenvalue weighted by Crippen LogP contribution is 2.56. The van der Waals surface area contributed by atoms with Crippen LogP contribution in [0.15, 0.2) is 35.1 Å². The topological polar surface area (TPSA) is 199 Å². The van der Waals surface area contributed by atoms with Gasteiger partial charge in [-0.05, 0) is 18.6 Å². The van der Waals surface area contributed by atoms with Crippen molar-refractivity contribution in [2.75, 3.05) is 14.1 Å². The number of amides is 2. The van der Waals surface area contributed by atoms with Crippen LogP contribution in [0.25, 0.3) is 5.76 Å². The Morgan fingerprint density at radius 2 is 1.72 bits per heavy atom. The Hall–Kier alpha value is -3.25. The number of phenols is 1. The van der Waals surface area contributed by atoms with Crippen LogP contribution in [0.3, 0.4) is 0 Å². The second-order valence-electron chi connectivity index (χ2n) is 9.05. The maximum atomic E-state index is 13.6. The average Bonchev–Trinajstić information content (AvgIpc) is 2.67. The minimum atomic E-state index is -3.03. The van der Waals surface area contributed by atoms with Crippen LogP contribution < -0.4 is 5.73 Å². The van der Waals surface area contributed by atoms with Crippen molar-refractivity contribution in [3.8, 4) is 5.75 Å². The van der Waals surface area contributed by atoms with Crippen LogP contribution in [-0.2, 0) is 20.0 Å². The number of aromatic hydroxyl groups is 1. The Kier molecular flexibility index (Phi) is 4.23. The van der Waals surface area contributed by atoms with Crippen LogP contribution in [0, 0.1) is 5.92 Å². The van der Waals surface area contributed by atoms with Gasteiger partial charge in [-0.25, -0.2) is 4.79 Å². The van der Waals surface area contributed by atoms with E-state index in [0.29, 0.717) is 0 Å². The van der Waals surface area contributed by atoms with E-state index in [-0.39, 0.29) is 11.1 Å². The van der Waals surface area contributed by atoms with Gasteiger partial charge in [0.25, 0.3) is 5.91 Å². The molecule has 0 bridgehead atoms. The summed E-state index contributed by atoms with van der Waals surface area (Å²) in [7, 11) is 2.41. The number of likely N-dealkylation sites (N-methyl/N-ethyl adjacent to an activating group) is 1. The minimum absolute atomic E-state index is 0.00562. The number of quaternary nitrogens is 1. The number of phenolic OH excluding ortho intramolecular Hbond substituents is 1. The summed E-state index contributed by atoms with van der Waals surface area (Å²) in [5.74, 6) is -7.99. The Balaban J connectivity index is 2.12. The lowest BCUT2D eigenvalue weighted by Gasteiger charge is -2.56. The predicted octanol–water partition coefficient (Wildman–Crippen LogP) is -1.54. The number of carbonyl (C=O) groups is 3. The molecule has 1 saturated carbocycles.